The van der Waals surface area contributed by atoms with Gasteiger partial charge in [-0.2, -0.15) is 11.8 Å². The minimum absolute atomic E-state index is 0.0994. The molecule has 1 aliphatic heterocycles. The highest BCUT2D eigenvalue weighted by molar-refractivity contribution is 7.99. The van der Waals surface area contributed by atoms with E-state index in [1.54, 1.807) is 19.4 Å². The van der Waals surface area contributed by atoms with Gasteiger partial charge in [0.25, 0.3) is 0 Å². The molecule has 2 fully saturated rings. The van der Waals surface area contributed by atoms with Crippen molar-refractivity contribution >= 4 is 22.7 Å². The van der Waals surface area contributed by atoms with E-state index in [-0.39, 0.29) is 18.6 Å². The number of aromatic nitrogens is 1. The van der Waals surface area contributed by atoms with E-state index in [0.717, 1.165) is 37.7 Å². The van der Waals surface area contributed by atoms with Gasteiger partial charge in [0.2, 0.25) is 0 Å². The second kappa shape index (κ2) is 12.0. The second-order valence-electron chi connectivity index (χ2n) is 10.0. The molecule has 7 heteroatoms. The number of hydrogen-bond acceptors (Lipinski definition) is 6. The Kier molecular flexibility index (Phi) is 9.08. The molecule has 0 unspecified atom stereocenters. The highest BCUT2D eigenvalue weighted by Crippen LogP contribution is 2.41. The Balaban J connectivity index is 1.36. The van der Waals surface area contributed by atoms with E-state index in [1.165, 1.54) is 31.4 Å². The summed E-state index contributed by atoms with van der Waals surface area (Å²) in [6.07, 6.45) is 8.63. The second-order valence-corrected chi connectivity index (χ2v) is 11.4. The lowest BCUT2D eigenvalue weighted by molar-refractivity contribution is 0.0322. The number of hydrogen-bond donors (Lipinski definition) is 2. The Bertz CT molecular complexity index is 924. The zero-order chi connectivity index (χ0) is 24.0. The molecule has 5 nitrogen and oxygen atoms in total. The molecule has 0 radical (unpaired) electrons. The predicted molar refractivity (Wildman–Crippen MR) is 137 cm³/mol. The molecule has 1 saturated heterocycles. The molecule has 2 heterocycles. The molecule has 2 aromatic rings. The number of methoxy groups -OCH3 is 1. The maximum absolute atomic E-state index is 15.7. The van der Waals surface area contributed by atoms with Gasteiger partial charge in [-0.15, -0.1) is 0 Å². The molecule has 0 spiro atoms. The molecule has 1 saturated carbocycles. The van der Waals surface area contributed by atoms with Crippen LogP contribution in [0.4, 0.5) is 4.39 Å². The van der Waals surface area contributed by atoms with Crippen LogP contribution in [0.5, 0.6) is 5.75 Å². The summed E-state index contributed by atoms with van der Waals surface area (Å²) in [5.41, 5.74) is 1.48. The number of thioether (sulfide) groups is 1. The van der Waals surface area contributed by atoms with Gasteiger partial charge in [0, 0.05) is 46.9 Å². The van der Waals surface area contributed by atoms with Crippen LogP contribution in [0.3, 0.4) is 0 Å². The zero-order valence-corrected chi connectivity index (χ0v) is 21.2. The number of aliphatic hydroxyl groups is 2. The molecular weight excluding hydrogens is 451 g/mol. The van der Waals surface area contributed by atoms with Crippen LogP contribution < -0.4 is 4.74 Å². The van der Waals surface area contributed by atoms with Gasteiger partial charge in [-0.1, -0.05) is 12.8 Å². The number of alkyl halides is 1. The quantitative estimate of drug-likeness (QED) is 0.447. The van der Waals surface area contributed by atoms with E-state index in [1.807, 2.05) is 12.1 Å². The van der Waals surface area contributed by atoms with Crippen LogP contribution in [0.1, 0.15) is 68.7 Å². The van der Waals surface area contributed by atoms with E-state index in [2.05, 4.69) is 21.6 Å². The molecule has 1 aromatic heterocycles. The Morgan fingerprint density at radius 2 is 2.00 bits per heavy atom. The largest absolute Gasteiger partial charge is 0.497 e. The Hall–Kier alpha value is -1.41. The number of pyridine rings is 1. The SMILES string of the molecule is COc1ccc2ncc(CO)c([C@@H](F)CCC3(CO)CCN(CCSC4CCCC4)CC3)c2c1. The van der Waals surface area contributed by atoms with E-state index in [4.69, 9.17) is 4.74 Å². The van der Waals surface area contributed by atoms with E-state index < -0.39 is 6.17 Å². The fourth-order valence-electron chi connectivity index (χ4n) is 5.58. The molecule has 4 rings (SSSR count). The smallest absolute Gasteiger partial charge is 0.126 e. The highest BCUT2D eigenvalue weighted by Gasteiger charge is 2.35. The first kappa shape index (κ1) is 25.7. The molecule has 0 bridgehead atoms. The molecule has 34 heavy (non-hydrogen) atoms. The third-order valence-electron chi connectivity index (χ3n) is 7.93. The summed E-state index contributed by atoms with van der Waals surface area (Å²) in [7, 11) is 1.59. The van der Waals surface area contributed by atoms with Crippen molar-refractivity contribution in [3.8, 4) is 5.75 Å². The number of piperidine rings is 1. The zero-order valence-electron chi connectivity index (χ0n) is 20.3. The van der Waals surface area contributed by atoms with Crippen molar-refractivity contribution in [2.75, 3.05) is 39.1 Å². The molecule has 0 amide bonds. The van der Waals surface area contributed by atoms with E-state index >= 15 is 4.39 Å². The van der Waals surface area contributed by atoms with E-state index in [0.29, 0.717) is 40.6 Å². The number of nitrogens with zero attached hydrogens (tertiary/aromatic N) is 2. The average molecular weight is 491 g/mol. The Labute approximate surface area is 207 Å². The maximum Gasteiger partial charge on any atom is 0.126 e. The summed E-state index contributed by atoms with van der Waals surface area (Å²) in [5, 5.41) is 21.7. The van der Waals surface area contributed by atoms with Crippen LogP contribution >= 0.6 is 11.8 Å². The summed E-state index contributed by atoms with van der Waals surface area (Å²) in [5.74, 6) is 1.83. The predicted octanol–water partition coefficient (Wildman–Crippen LogP) is 5.28. The summed E-state index contributed by atoms with van der Waals surface area (Å²) in [6.45, 7) is 2.90. The number of ether oxygens (including phenoxy) is 1. The third-order valence-corrected chi connectivity index (χ3v) is 9.29. The highest BCUT2D eigenvalue weighted by atomic mass is 32.2. The lowest BCUT2D eigenvalue weighted by Crippen LogP contribution is -2.43. The van der Waals surface area contributed by atoms with Crippen molar-refractivity contribution in [2.24, 2.45) is 5.41 Å². The standard InChI is InChI=1S/C27H39FN2O3S/c1-33-21-6-7-25-23(16-21)26(20(18-31)17-29-25)24(28)8-9-27(19-32)10-12-30(13-11-27)14-15-34-22-4-2-3-5-22/h6-7,16-17,22,24,31-32H,2-5,8-15,18-19H2,1H3/t24-/m0/s1. The maximum atomic E-state index is 15.7. The minimum Gasteiger partial charge on any atom is -0.497 e. The molecule has 1 aliphatic carbocycles. The average Bonchev–Trinajstić information content (AvgIpc) is 3.40. The van der Waals surface area contributed by atoms with Crippen LogP contribution in [0.2, 0.25) is 0 Å². The fourth-order valence-corrected chi connectivity index (χ4v) is 6.94. The lowest BCUT2D eigenvalue weighted by atomic mass is 9.74. The summed E-state index contributed by atoms with van der Waals surface area (Å²) >= 11 is 2.13. The van der Waals surface area contributed by atoms with Gasteiger partial charge in [-0.3, -0.25) is 4.98 Å². The summed E-state index contributed by atoms with van der Waals surface area (Å²) in [6, 6.07) is 5.43. The molecule has 1 atom stereocenters. The number of benzene rings is 1. The van der Waals surface area contributed by atoms with Crippen LogP contribution in [-0.2, 0) is 6.61 Å². The fraction of sp³-hybridized carbons (Fsp3) is 0.667. The van der Waals surface area contributed by atoms with Crippen molar-refractivity contribution in [1.82, 2.24) is 9.88 Å². The van der Waals surface area contributed by atoms with Crippen molar-refractivity contribution in [3.63, 3.8) is 0 Å². The summed E-state index contributed by atoms with van der Waals surface area (Å²) in [4.78, 5) is 6.89. The van der Waals surface area contributed by atoms with E-state index in [9.17, 15) is 10.2 Å². The Morgan fingerprint density at radius 3 is 2.68 bits per heavy atom. The molecule has 2 N–H and O–H groups in total. The normalized spacial score (nSPS) is 20.1. The molecular formula is C27H39FN2O3S. The third kappa shape index (κ3) is 6.04. The number of halogens is 1. The topological polar surface area (TPSA) is 65.8 Å². The van der Waals surface area contributed by atoms with Gasteiger partial charge in [0.1, 0.15) is 11.9 Å². The molecule has 2 aliphatic rings. The Morgan fingerprint density at radius 1 is 1.24 bits per heavy atom. The first-order valence-corrected chi connectivity index (χ1v) is 13.8. The first-order valence-electron chi connectivity index (χ1n) is 12.7. The van der Waals surface area contributed by atoms with Crippen LogP contribution in [-0.4, -0.2) is 64.5 Å². The monoisotopic (exact) mass is 490 g/mol. The van der Waals surface area contributed by atoms with Gasteiger partial charge in [-0.25, -0.2) is 4.39 Å². The van der Waals surface area contributed by atoms with Gasteiger partial charge in [0.05, 0.1) is 19.2 Å². The van der Waals surface area contributed by atoms with Crippen molar-refractivity contribution < 1.29 is 19.3 Å². The van der Waals surface area contributed by atoms with Gasteiger partial charge in [0.15, 0.2) is 0 Å². The van der Waals surface area contributed by atoms with Gasteiger partial charge in [-0.05, 0) is 75.2 Å². The van der Waals surface area contributed by atoms with Crippen LogP contribution in [0.25, 0.3) is 10.9 Å². The number of fused-ring (bicyclic) bond motifs is 1. The lowest BCUT2D eigenvalue weighted by Gasteiger charge is -2.41. The van der Waals surface area contributed by atoms with Crippen molar-refractivity contribution in [3.05, 3.63) is 35.5 Å². The van der Waals surface area contributed by atoms with Crippen molar-refractivity contribution in [2.45, 2.75) is 69.4 Å². The van der Waals surface area contributed by atoms with Crippen molar-refractivity contribution in [1.29, 1.82) is 0 Å². The summed E-state index contributed by atoms with van der Waals surface area (Å²) < 4.78 is 21.1. The molecule has 1 aromatic carbocycles. The minimum atomic E-state index is -1.23. The van der Waals surface area contributed by atoms with Crippen LogP contribution in [0, 0.1) is 5.41 Å². The number of aliphatic hydroxyl groups excluding tert-OH is 2. The number of rotatable bonds is 11. The number of likely N-dealkylation sites (tertiary alicyclic amines) is 1. The van der Waals surface area contributed by atoms with Crippen LogP contribution in [0.15, 0.2) is 24.4 Å². The first-order chi connectivity index (χ1) is 16.6. The molecule has 188 valence electrons. The van der Waals surface area contributed by atoms with Gasteiger partial charge < -0.3 is 19.8 Å². The van der Waals surface area contributed by atoms with Gasteiger partial charge >= 0.3 is 0 Å².